The monoisotopic (exact) mass is 187 g/mol. The maximum atomic E-state index is 3.47. The predicted molar refractivity (Wildman–Crippen MR) is 57.8 cm³/mol. The van der Waals surface area contributed by atoms with Crippen molar-refractivity contribution < 1.29 is 0 Å². The van der Waals surface area contributed by atoms with Crippen LogP contribution in [0.5, 0.6) is 0 Å². The topological polar surface area (TPSA) is 12.0 Å². The molecule has 0 aliphatic carbocycles. The summed E-state index contributed by atoms with van der Waals surface area (Å²) in [5, 5.41) is 3.47. The van der Waals surface area contributed by atoms with Crippen molar-refractivity contribution in [2.24, 2.45) is 5.92 Å². The Morgan fingerprint density at radius 1 is 1.58 bits per heavy atom. The van der Waals surface area contributed by atoms with Crippen molar-refractivity contribution in [2.45, 2.75) is 38.6 Å². The van der Waals surface area contributed by atoms with Crippen LogP contribution in [0.3, 0.4) is 0 Å². The second-order valence-electron chi connectivity index (χ2n) is 3.66. The van der Waals surface area contributed by atoms with Crippen LogP contribution in [0.1, 0.15) is 32.6 Å². The summed E-state index contributed by atoms with van der Waals surface area (Å²) in [6, 6.07) is 0.792. The number of hydrogen-bond acceptors (Lipinski definition) is 2. The van der Waals surface area contributed by atoms with E-state index in [4.69, 9.17) is 0 Å². The van der Waals surface area contributed by atoms with Crippen LogP contribution in [0.15, 0.2) is 0 Å². The third-order valence-electron chi connectivity index (χ3n) is 2.77. The molecule has 0 radical (unpaired) electrons. The molecule has 1 aliphatic rings. The molecule has 72 valence electrons. The lowest BCUT2D eigenvalue weighted by Crippen LogP contribution is -2.33. The minimum atomic E-state index is 0.792. The molecule has 1 rings (SSSR count). The lowest BCUT2D eigenvalue weighted by atomic mass is 9.95. The molecule has 0 aromatic carbocycles. The predicted octanol–water partition coefficient (Wildman–Crippen LogP) is 2.52. The van der Waals surface area contributed by atoms with E-state index in [1.165, 1.54) is 37.2 Å². The lowest BCUT2D eigenvalue weighted by Gasteiger charge is -2.21. The Morgan fingerprint density at radius 2 is 2.42 bits per heavy atom. The third kappa shape index (κ3) is 2.98. The van der Waals surface area contributed by atoms with Gasteiger partial charge in [-0.2, -0.15) is 11.8 Å². The summed E-state index contributed by atoms with van der Waals surface area (Å²) in [7, 11) is 2.11. The van der Waals surface area contributed by atoms with E-state index in [-0.39, 0.29) is 0 Å². The van der Waals surface area contributed by atoms with Crippen molar-refractivity contribution in [1.29, 1.82) is 0 Å². The first-order chi connectivity index (χ1) is 5.88. The van der Waals surface area contributed by atoms with Gasteiger partial charge in [-0.25, -0.2) is 0 Å². The van der Waals surface area contributed by atoms with Crippen LogP contribution >= 0.6 is 11.8 Å². The number of rotatable bonds is 5. The summed E-state index contributed by atoms with van der Waals surface area (Å²) in [6.07, 6.45) is 5.52. The van der Waals surface area contributed by atoms with Gasteiger partial charge < -0.3 is 5.32 Å². The zero-order chi connectivity index (χ0) is 8.81. The number of hydrogen-bond donors (Lipinski definition) is 1. The van der Waals surface area contributed by atoms with Gasteiger partial charge in [0.25, 0.3) is 0 Å². The number of unbranched alkanes of at least 4 members (excludes halogenated alkanes) is 1. The molecule has 2 atom stereocenters. The third-order valence-corrected chi connectivity index (χ3v) is 3.96. The average molecular weight is 187 g/mol. The second kappa shape index (κ2) is 5.87. The minimum absolute atomic E-state index is 0.792. The van der Waals surface area contributed by atoms with Crippen LogP contribution < -0.4 is 5.32 Å². The van der Waals surface area contributed by atoms with Gasteiger partial charge in [-0.15, -0.1) is 0 Å². The molecular formula is C10H21NS. The van der Waals surface area contributed by atoms with Gasteiger partial charge in [-0.1, -0.05) is 19.8 Å². The van der Waals surface area contributed by atoms with E-state index in [1.807, 2.05) is 0 Å². The van der Waals surface area contributed by atoms with Crippen LogP contribution in [0.2, 0.25) is 0 Å². The highest BCUT2D eigenvalue weighted by molar-refractivity contribution is 7.99. The van der Waals surface area contributed by atoms with E-state index >= 15 is 0 Å². The molecule has 12 heavy (non-hydrogen) atoms. The highest BCUT2D eigenvalue weighted by Gasteiger charge is 2.23. The molecule has 2 heteroatoms. The smallest absolute Gasteiger partial charge is 0.0100 e. The van der Waals surface area contributed by atoms with Gasteiger partial charge in [0.2, 0.25) is 0 Å². The van der Waals surface area contributed by atoms with E-state index in [1.54, 1.807) is 0 Å². The molecule has 0 bridgehead atoms. The molecule has 0 spiro atoms. The van der Waals surface area contributed by atoms with E-state index in [0.29, 0.717) is 0 Å². The fraction of sp³-hybridized carbons (Fsp3) is 1.00. The van der Waals surface area contributed by atoms with Crippen molar-refractivity contribution in [3.63, 3.8) is 0 Å². The van der Waals surface area contributed by atoms with E-state index in [9.17, 15) is 0 Å². The molecule has 1 N–H and O–H groups in total. The standard InChI is InChI=1S/C10H21NS/c1-3-4-5-10(11-2)9-6-7-12-8-9/h9-11H,3-8H2,1-2H3. The Hall–Kier alpha value is 0.310. The molecule has 0 saturated carbocycles. The Labute approximate surface area is 80.7 Å². The van der Waals surface area contributed by atoms with E-state index in [2.05, 4.69) is 31.1 Å². The van der Waals surface area contributed by atoms with Gasteiger partial charge in [0.1, 0.15) is 0 Å². The first-order valence-electron chi connectivity index (χ1n) is 5.13. The molecule has 1 heterocycles. The molecule has 1 saturated heterocycles. The molecule has 0 amide bonds. The lowest BCUT2D eigenvalue weighted by molar-refractivity contribution is 0.375. The van der Waals surface area contributed by atoms with Crippen molar-refractivity contribution in [2.75, 3.05) is 18.6 Å². The first-order valence-corrected chi connectivity index (χ1v) is 6.29. The molecule has 1 aliphatic heterocycles. The summed E-state index contributed by atoms with van der Waals surface area (Å²) in [6.45, 7) is 2.27. The summed E-state index contributed by atoms with van der Waals surface area (Å²) in [4.78, 5) is 0. The van der Waals surface area contributed by atoms with Crippen molar-refractivity contribution in [1.82, 2.24) is 5.32 Å². The van der Waals surface area contributed by atoms with Gasteiger partial charge in [-0.3, -0.25) is 0 Å². The normalized spacial score (nSPS) is 26.0. The van der Waals surface area contributed by atoms with Gasteiger partial charge in [0.05, 0.1) is 0 Å². The van der Waals surface area contributed by atoms with Crippen molar-refractivity contribution in [3.8, 4) is 0 Å². The average Bonchev–Trinajstić information content (AvgIpc) is 2.59. The zero-order valence-corrected chi connectivity index (χ0v) is 9.12. The molecule has 1 nitrogen and oxygen atoms in total. The Balaban J connectivity index is 2.22. The summed E-state index contributed by atoms with van der Waals surface area (Å²) in [5.41, 5.74) is 0. The maximum Gasteiger partial charge on any atom is 0.0100 e. The van der Waals surface area contributed by atoms with Crippen molar-refractivity contribution >= 4 is 11.8 Å². The maximum absolute atomic E-state index is 3.47. The summed E-state index contributed by atoms with van der Waals surface area (Å²) in [5.74, 6) is 3.72. The van der Waals surface area contributed by atoms with Gasteiger partial charge in [0, 0.05) is 6.04 Å². The van der Waals surface area contributed by atoms with Crippen LogP contribution in [-0.4, -0.2) is 24.6 Å². The SMILES string of the molecule is CCCCC(NC)C1CCSC1. The highest BCUT2D eigenvalue weighted by Crippen LogP contribution is 2.27. The quantitative estimate of drug-likeness (QED) is 0.710. The fourth-order valence-electron chi connectivity index (χ4n) is 1.91. The highest BCUT2D eigenvalue weighted by atomic mass is 32.2. The number of nitrogens with one attached hydrogen (secondary N) is 1. The van der Waals surface area contributed by atoms with E-state index < -0.39 is 0 Å². The second-order valence-corrected chi connectivity index (χ2v) is 4.81. The number of thioether (sulfide) groups is 1. The minimum Gasteiger partial charge on any atom is -0.317 e. The Morgan fingerprint density at radius 3 is 2.92 bits per heavy atom. The van der Waals surface area contributed by atoms with Gasteiger partial charge in [-0.05, 0) is 37.3 Å². The van der Waals surface area contributed by atoms with Gasteiger partial charge in [0.15, 0.2) is 0 Å². The Bertz CT molecular complexity index is 110. The van der Waals surface area contributed by atoms with Crippen LogP contribution in [-0.2, 0) is 0 Å². The fourth-order valence-corrected chi connectivity index (χ4v) is 3.25. The molecule has 0 aromatic heterocycles. The van der Waals surface area contributed by atoms with Gasteiger partial charge >= 0.3 is 0 Å². The van der Waals surface area contributed by atoms with Crippen molar-refractivity contribution in [3.05, 3.63) is 0 Å². The first kappa shape index (κ1) is 10.4. The summed E-state index contributed by atoms with van der Waals surface area (Å²) >= 11 is 2.12. The molecule has 1 fully saturated rings. The zero-order valence-electron chi connectivity index (χ0n) is 8.31. The molecule has 0 aromatic rings. The van der Waals surface area contributed by atoms with Crippen LogP contribution in [0.4, 0.5) is 0 Å². The molecule has 2 unspecified atom stereocenters. The van der Waals surface area contributed by atoms with Crippen LogP contribution in [0.25, 0.3) is 0 Å². The van der Waals surface area contributed by atoms with Crippen LogP contribution in [0, 0.1) is 5.92 Å². The van der Waals surface area contributed by atoms with E-state index in [0.717, 1.165) is 12.0 Å². The largest absolute Gasteiger partial charge is 0.317 e. The Kier molecular flexibility index (Phi) is 5.08. The molecular weight excluding hydrogens is 166 g/mol. The summed E-state index contributed by atoms with van der Waals surface area (Å²) < 4.78 is 0.